The number of nitrogens with zero attached hydrogens (tertiary/aromatic N) is 1. The van der Waals surface area contributed by atoms with Crippen LogP contribution in [0, 0.1) is 0 Å². The lowest BCUT2D eigenvalue weighted by Gasteiger charge is -2.10. The smallest absolute Gasteiger partial charge is 0.410 e. The molecule has 0 aromatic heterocycles. The molecule has 80 valence electrons. The first-order valence-electron chi connectivity index (χ1n) is 4.27. The number of carbonyl (C=O) groups is 1. The number of hydrogen-bond acceptors (Lipinski definition) is 5. The maximum atomic E-state index is 11.1. The van der Waals surface area contributed by atoms with E-state index in [-0.39, 0.29) is 12.1 Å². The van der Waals surface area contributed by atoms with E-state index in [9.17, 15) is 13.2 Å². The fourth-order valence-corrected chi connectivity index (χ4v) is 2.46. The first-order chi connectivity index (χ1) is 6.46. The first kappa shape index (κ1) is 9.72. The minimum atomic E-state index is -3.43. The van der Waals surface area contributed by atoms with Crippen LogP contribution in [0.3, 0.4) is 0 Å². The van der Waals surface area contributed by atoms with Crippen molar-refractivity contribution in [3.8, 4) is 0 Å². The van der Waals surface area contributed by atoms with Crippen LogP contribution in [0.2, 0.25) is 0 Å². The van der Waals surface area contributed by atoms with Gasteiger partial charge in [-0.1, -0.05) is 0 Å². The molecule has 0 N–H and O–H groups in total. The summed E-state index contributed by atoms with van der Waals surface area (Å²) in [7, 11) is -3.43. The van der Waals surface area contributed by atoms with Gasteiger partial charge in [0.15, 0.2) is 0 Å². The monoisotopic (exact) mass is 221 g/mol. The van der Waals surface area contributed by atoms with Crippen LogP contribution < -0.4 is 0 Å². The van der Waals surface area contributed by atoms with Crippen molar-refractivity contribution in [3.05, 3.63) is 0 Å². The molecule has 0 bridgehead atoms. The van der Waals surface area contributed by atoms with Crippen molar-refractivity contribution in [2.24, 2.45) is 0 Å². The molecule has 0 spiro atoms. The molecule has 6 nitrogen and oxygen atoms in total. The van der Waals surface area contributed by atoms with Crippen LogP contribution in [0.5, 0.6) is 0 Å². The lowest BCUT2D eigenvalue weighted by atomic mass is 10.2. The summed E-state index contributed by atoms with van der Waals surface area (Å²) in [4.78, 5) is 12.6. The Labute approximate surface area is 81.9 Å². The van der Waals surface area contributed by atoms with Crippen molar-refractivity contribution in [3.63, 3.8) is 0 Å². The number of amides is 1. The number of cyclic esters (lactones) is 1. The van der Waals surface area contributed by atoms with Crippen LogP contribution in [-0.2, 0) is 19.0 Å². The summed E-state index contributed by atoms with van der Waals surface area (Å²) in [6.45, 7) is 0.638. The zero-order valence-corrected chi connectivity index (χ0v) is 8.49. The molecule has 0 aromatic carbocycles. The van der Waals surface area contributed by atoms with Gasteiger partial charge in [0.2, 0.25) is 0 Å². The van der Waals surface area contributed by atoms with Gasteiger partial charge in [0.1, 0.15) is 6.61 Å². The Morgan fingerprint density at radius 2 is 2.29 bits per heavy atom. The Bertz CT molecular complexity index is 351. The summed E-state index contributed by atoms with van der Waals surface area (Å²) in [6.07, 6.45) is 0.741. The third-order valence-electron chi connectivity index (χ3n) is 2.32. The number of fused-ring (bicyclic) bond motifs is 1. The second-order valence-corrected chi connectivity index (χ2v) is 5.14. The summed E-state index contributed by atoms with van der Waals surface area (Å²) in [6, 6.07) is -0.0192. The molecule has 0 saturated carbocycles. The molecule has 2 aliphatic rings. The molecule has 7 heteroatoms. The van der Waals surface area contributed by atoms with E-state index >= 15 is 0 Å². The number of ether oxygens (including phenoxy) is 1. The fourth-order valence-electron chi connectivity index (χ4n) is 1.82. The maximum absolute atomic E-state index is 11.1. The number of rotatable bonds is 2. The van der Waals surface area contributed by atoms with Crippen LogP contribution >= 0.6 is 0 Å². The molecule has 2 atom stereocenters. The summed E-state index contributed by atoms with van der Waals surface area (Å²) in [5.41, 5.74) is 0. The van der Waals surface area contributed by atoms with Crippen LogP contribution in [0.15, 0.2) is 0 Å². The van der Waals surface area contributed by atoms with Gasteiger partial charge in [-0.25, -0.2) is 4.79 Å². The lowest BCUT2D eigenvalue weighted by Crippen LogP contribution is -2.28. The zero-order chi connectivity index (χ0) is 10.3. The molecule has 0 aliphatic carbocycles. The molecule has 0 aromatic rings. The molecule has 2 fully saturated rings. The summed E-state index contributed by atoms with van der Waals surface area (Å²) < 4.78 is 31.2. The number of hydrogen-bond donors (Lipinski definition) is 0. The Kier molecular flexibility index (Phi) is 2.15. The molecule has 2 aliphatic heterocycles. The van der Waals surface area contributed by atoms with Gasteiger partial charge in [-0.05, 0) is 0 Å². The molecular formula is C7H11NO5S. The fraction of sp³-hybridized carbons (Fsp3) is 0.857. The van der Waals surface area contributed by atoms with Crippen LogP contribution in [0.25, 0.3) is 0 Å². The second-order valence-electron chi connectivity index (χ2n) is 3.54. The van der Waals surface area contributed by atoms with Gasteiger partial charge in [-0.2, -0.15) is 8.42 Å². The summed E-state index contributed by atoms with van der Waals surface area (Å²) in [5, 5.41) is 0. The van der Waals surface area contributed by atoms with Crippen molar-refractivity contribution in [2.45, 2.75) is 18.6 Å². The highest BCUT2D eigenvalue weighted by Crippen LogP contribution is 2.26. The van der Waals surface area contributed by atoms with Crippen molar-refractivity contribution in [1.29, 1.82) is 0 Å². The third kappa shape index (κ3) is 1.83. The molecule has 0 radical (unpaired) electrons. The van der Waals surface area contributed by atoms with E-state index in [0.29, 0.717) is 19.6 Å². The van der Waals surface area contributed by atoms with Gasteiger partial charge in [-0.3, -0.25) is 9.08 Å². The summed E-state index contributed by atoms with van der Waals surface area (Å²) >= 11 is 0. The predicted molar refractivity (Wildman–Crippen MR) is 46.2 cm³/mol. The Balaban J connectivity index is 1.99. The van der Waals surface area contributed by atoms with Gasteiger partial charge in [0, 0.05) is 6.42 Å². The highest BCUT2D eigenvalue weighted by Gasteiger charge is 2.42. The van der Waals surface area contributed by atoms with Crippen molar-refractivity contribution < 1.29 is 22.1 Å². The molecule has 14 heavy (non-hydrogen) atoms. The molecule has 2 heterocycles. The van der Waals surface area contributed by atoms with E-state index in [1.165, 1.54) is 4.90 Å². The summed E-state index contributed by atoms with van der Waals surface area (Å²) in [5.74, 6) is 0. The maximum Gasteiger partial charge on any atom is 0.410 e. The molecule has 2 rings (SSSR count). The van der Waals surface area contributed by atoms with E-state index in [1.807, 2.05) is 0 Å². The van der Waals surface area contributed by atoms with Crippen LogP contribution in [0.1, 0.15) is 6.42 Å². The predicted octanol–water partition coefficient (Wildman–Crippen LogP) is -0.444. The van der Waals surface area contributed by atoms with Crippen molar-refractivity contribution in [1.82, 2.24) is 4.90 Å². The second kappa shape index (κ2) is 3.09. The minimum Gasteiger partial charge on any atom is -0.447 e. The SMILES string of the molecule is CS(=O)(=O)O[C@@H]1C[C@H]2COC(=O)N2C1. The van der Waals surface area contributed by atoms with Crippen LogP contribution in [0.4, 0.5) is 4.79 Å². The lowest BCUT2D eigenvalue weighted by molar-refractivity contribution is 0.145. The van der Waals surface area contributed by atoms with E-state index < -0.39 is 16.2 Å². The quantitative estimate of drug-likeness (QED) is 0.591. The standard InChI is InChI=1S/C7H11NO5S/c1-14(10,11)13-6-2-5-4-12-7(9)8(5)3-6/h5-6H,2-4H2,1H3/t5-,6+/m0/s1. The average molecular weight is 221 g/mol. The van der Waals surface area contributed by atoms with E-state index in [4.69, 9.17) is 8.92 Å². The van der Waals surface area contributed by atoms with E-state index in [1.54, 1.807) is 0 Å². The van der Waals surface area contributed by atoms with Gasteiger partial charge < -0.3 is 4.74 Å². The van der Waals surface area contributed by atoms with Gasteiger partial charge in [0.25, 0.3) is 10.1 Å². The highest BCUT2D eigenvalue weighted by atomic mass is 32.2. The number of carbonyl (C=O) groups excluding carboxylic acids is 1. The minimum absolute atomic E-state index is 0.0192. The van der Waals surface area contributed by atoms with E-state index in [2.05, 4.69) is 0 Å². The Morgan fingerprint density at radius 3 is 2.86 bits per heavy atom. The van der Waals surface area contributed by atoms with Crippen molar-refractivity contribution >= 4 is 16.2 Å². The molecule has 1 amide bonds. The zero-order valence-electron chi connectivity index (χ0n) is 7.67. The first-order valence-corrected chi connectivity index (χ1v) is 6.09. The largest absolute Gasteiger partial charge is 0.447 e. The molecular weight excluding hydrogens is 210 g/mol. The third-order valence-corrected chi connectivity index (χ3v) is 2.94. The van der Waals surface area contributed by atoms with Gasteiger partial charge in [0.05, 0.1) is 24.9 Å². The highest BCUT2D eigenvalue weighted by molar-refractivity contribution is 7.86. The topological polar surface area (TPSA) is 72.9 Å². The van der Waals surface area contributed by atoms with Gasteiger partial charge in [-0.15, -0.1) is 0 Å². The van der Waals surface area contributed by atoms with Crippen LogP contribution in [-0.4, -0.2) is 51.0 Å². The molecule has 2 saturated heterocycles. The van der Waals surface area contributed by atoms with Crippen molar-refractivity contribution in [2.75, 3.05) is 19.4 Å². The Hall–Kier alpha value is -0.820. The van der Waals surface area contributed by atoms with E-state index in [0.717, 1.165) is 6.26 Å². The Morgan fingerprint density at radius 1 is 1.57 bits per heavy atom. The molecule has 0 unspecified atom stereocenters. The van der Waals surface area contributed by atoms with Gasteiger partial charge >= 0.3 is 6.09 Å². The normalized spacial score (nSPS) is 31.8. The average Bonchev–Trinajstić information content (AvgIpc) is 2.51.